The zero-order chi connectivity index (χ0) is 17.3. The lowest BCUT2D eigenvalue weighted by Gasteiger charge is -2.23. The highest BCUT2D eigenvalue weighted by Gasteiger charge is 2.24. The minimum Gasteiger partial charge on any atom is -0.352 e. The van der Waals surface area contributed by atoms with Crippen LogP contribution in [0, 0.1) is 12.8 Å². The normalized spacial score (nSPS) is 17.3. The van der Waals surface area contributed by atoms with E-state index in [2.05, 4.69) is 15.3 Å². The van der Waals surface area contributed by atoms with Crippen molar-refractivity contribution in [3.8, 4) is 0 Å². The number of nitrogens with one attached hydrogen (secondary N) is 1. The molecule has 0 aromatic carbocycles. The summed E-state index contributed by atoms with van der Waals surface area (Å²) < 4.78 is 24.8. The van der Waals surface area contributed by atoms with Crippen molar-refractivity contribution >= 4 is 15.9 Å². The highest BCUT2D eigenvalue weighted by Crippen LogP contribution is 2.20. The van der Waals surface area contributed by atoms with E-state index < -0.39 is 10.0 Å². The van der Waals surface area contributed by atoms with Gasteiger partial charge in [0.15, 0.2) is 0 Å². The number of hydrogen-bond acceptors (Lipinski definition) is 5. The quantitative estimate of drug-likeness (QED) is 0.812. The Hall–Kier alpha value is -2.26. The zero-order valence-corrected chi connectivity index (χ0v) is 14.1. The van der Waals surface area contributed by atoms with E-state index in [-0.39, 0.29) is 23.3 Å². The van der Waals surface area contributed by atoms with Crippen LogP contribution in [0.1, 0.15) is 23.4 Å². The molecule has 128 valence electrons. The van der Waals surface area contributed by atoms with E-state index in [1.807, 2.05) is 10.8 Å². The maximum absolute atomic E-state index is 12.4. The molecule has 0 radical (unpaired) electrons. The molecule has 0 aliphatic carbocycles. The third-order valence-corrected chi connectivity index (χ3v) is 5.16. The van der Waals surface area contributed by atoms with E-state index >= 15 is 0 Å². The molecule has 1 aliphatic heterocycles. The van der Waals surface area contributed by atoms with Crippen LogP contribution in [0.4, 0.5) is 0 Å². The standard InChI is InChI=1S/C15H19N5O3S/c1-10-12(4-14(7-18-10)24(16,22)23)5-19-15(21)11-2-3-13-6-17-9-20(13)8-11/h4,6-7,9,11H,2-3,5,8H2,1H3,(H,19,21)(H2,16,22,23). The molecule has 0 bridgehead atoms. The molecule has 1 atom stereocenters. The number of rotatable bonds is 4. The molecule has 9 heteroatoms. The summed E-state index contributed by atoms with van der Waals surface area (Å²) in [5, 5.41) is 7.98. The molecular formula is C15H19N5O3S. The fourth-order valence-corrected chi connectivity index (χ4v) is 3.31. The van der Waals surface area contributed by atoms with Gasteiger partial charge in [0, 0.05) is 36.9 Å². The molecule has 2 aromatic heterocycles. The smallest absolute Gasteiger partial charge is 0.239 e. The van der Waals surface area contributed by atoms with Crippen molar-refractivity contribution < 1.29 is 13.2 Å². The Morgan fingerprint density at radius 3 is 3.00 bits per heavy atom. The minimum absolute atomic E-state index is 0.0573. The maximum Gasteiger partial charge on any atom is 0.239 e. The lowest BCUT2D eigenvalue weighted by Crippen LogP contribution is -2.35. The van der Waals surface area contributed by atoms with Crippen molar-refractivity contribution in [2.24, 2.45) is 11.1 Å². The Labute approximate surface area is 140 Å². The molecule has 0 spiro atoms. The Morgan fingerprint density at radius 1 is 1.46 bits per heavy atom. The van der Waals surface area contributed by atoms with Crippen LogP contribution >= 0.6 is 0 Å². The number of amides is 1. The van der Waals surface area contributed by atoms with Gasteiger partial charge < -0.3 is 9.88 Å². The minimum atomic E-state index is -3.81. The molecule has 0 fully saturated rings. The van der Waals surface area contributed by atoms with Crippen molar-refractivity contribution in [1.82, 2.24) is 19.9 Å². The molecule has 24 heavy (non-hydrogen) atoms. The largest absolute Gasteiger partial charge is 0.352 e. The molecular weight excluding hydrogens is 330 g/mol. The number of hydrogen-bond donors (Lipinski definition) is 2. The van der Waals surface area contributed by atoms with Crippen LogP contribution in [-0.4, -0.2) is 28.9 Å². The van der Waals surface area contributed by atoms with Crippen LogP contribution in [0.25, 0.3) is 0 Å². The Kier molecular flexibility index (Phi) is 4.37. The van der Waals surface area contributed by atoms with Gasteiger partial charge in [-0.05, 0) is 31.4 Å². The van der Waals surface area contributed by atoms with E-state index in [1.165, 1.54) is 12.3 Å². The van der Waals surface area contributed by atoms with Crippen LogP contribution in [0.2, 0.25) is 0 Å². The lowest BCUT2D eigenvalue weighted by atomic mass is 9.97. The monoisotopic (exact) mass is 349 g/mol. The summed E-state index contributed by atoms with van der Waals surface area (Å²) in [6.07, 6.45) is 6.36. The number of imidazole rings is 1. The SMILES string of the molecule is Cc1ncc(S(N)(=O)=O)cc1CNC(=O)C1CCc2cncn2C1. The molecule has 8 nitrogen and oxygen atoms in total. The molecule has 0 saturated heterocycles. The summed E-state index contributed by atoms with van der Waals surface area (Å²) in [6.45, 7) is 2.58. The van der Waals surface area contributed by atoms with Gasteiger partial charge in [0.05, 0.1) is 12.2 Å². The first-order valence-electron chi connectivity index (χ1n) is 7.59. The van der Waals surface area contributed by atoms with Gasteiger partial charge in [-0.1, -0.05) is 0 Å². The highest BCUT2D eigenvalue weighted by molar-refractivity contribution is 7.89. The molecule has 3 heterocycles. The van der Waals surface area contributed by atoms with Crippen molar-refractivity contribution in [1.29, 1.82) is 0 Å². The summed E-state index contributed by atoms with van der Waals surface area (Å²) in [6, 6.07) is 1.45. The predicted octanol–water partition coefficient (Wildman–Crippen LogP) is 0.113. The van der Waals surface area contributed by atoms with Gasteiger partial charge in [0.2, 0.25) is 15.9 Å². The fourth-order valence-electron chi connectivity index (χ4n) is 2.80. The van der Waals surface area contributed by atoms with Gasteiger partial charge in [-0.2, -0.15) is 0 Å². The predicted molar refractivity (Wildman–Crippen MR) is 86.2 cm³/mol. The first kappa shape index (κ1) is 16.6. The number of carbonyl (C=O) groups excluding carboxylic acids is 1. The first-order chi connectivity index (χ1) is 11.3. The van der Waals surface area contributed by atoms with E-state index in [1.54, 1.807) is 13.3 Å². The molecule has 2 aromatic rings. The number of sulfonamides is 1. The number of carbonyl (C=O) groups is 1. The molecule has 1 amide bonds. The summed E-state index contributed by atoms with van der Waals surface area (Å²) in [7, 11) is -3.81. The molecule has 1 unspecified atom stereocenters. The van der Waals surface area contributed by atoms with Gasteiger partial charge in [-0.15, -0.1) is 0 Å². The van der Waals surface area contributed by atoms with Crippen molar-refractivity contribution in [2.45, 2.75) is 37.8 Å². The van der Waals surface area contributed by atoms with Crippen LogP contribution in [0.15, 0.2) is 29.7 Å². The number of pyridine rings is 1. The molecule has 0 saturated carbocycles. The average Bonchev–Trinajstić information content (AvgIpc) is 3.00. The number of fused-ring (bicyclic) bond motifs is 1. The fraction of sp³-hybridized carbons (Fsp3) is 0.400. The van der Waals surface area contributed by atoms with Gasteiger partial charge in [-0.25, -0.2) is 18.5 Å². The molecule has 3 N–H and O–H groups in total. The second-order valence-electron chi connectivity index (χ2n) is 5.95. The van der Waals surface area contributed by atoms with Crippen LogP contribution in [0.5, 0.6) is 0 Å². The third kappa shape index (κ3) is 3.46. The second-order valence-corrected chi connectivity index (χ2v) is 7.51. The Morgan fingerprint density at radius 2 is 2.25 bits per heavy atom. The average molecular weight is 349 g/mol. The van der Waals surface area contributed by atoms with Crippen molar-refractivity contribution in [3.63, 3.8) is 0 Å². The van der Waals surface area contributed by atoms with Gasteiger partial charge >= 0.3 is 0 Å². The topological polar surface area (TPSA) is 120 Å². The Balaban J connectivity index is 1.67. The first-order valence-corrected chi connectivity index (χ1v) is 9.14. The van der Waals surface area contributed by atoms with Gasteiger partial charge in [0.25, 0.3) is 0 Å². The Bertz CT molecular complexity index is 875. The lowest BCUT2D eigenvalue weighted by molar-refractivity contribution is -0.126. The van der Waals surface area contributed by atoms with Crippen LogP contribution in [-0.2, 0) is 34.3 Å². The summed E-state index contributed by atoms with van der Waals surface area (Å²) in [5.74, 6) is -0.184. The highest BCUT2D eigenvalue weighted by atomic mass is 32.2. The third-order valence-electron chi connectivity index (χ3n) is 4.28. The van der Waals surface area contributed by atoms with E-state index in [4.69, 9.17) is 5.14 Å². The van der Waals surface area contributed by atoms with E-state index in [0.717, 1.165) is 18.5 Å². The number of nitrogens with two attached hydrogens (primary N) is 1. The maximum atomic E-state index is 12.4. The van der Waals surface area contributed by atoms with E-state index in [9.17, 15) is 13.2 Å². The molecule has 1 aliphatic rings. The molecule has 3 rings (SSSR count). The van der Waals surface area contributed by atoms with Crippen LogP contribution in [0.3, 0.4) is 0 Å². The summed E-state index contributed by atoms with van der Waals surface area (Å²) >= 11 is 0. The van der Waals surface area contributed by atoms with Gasteiger partial charge in [0.1, 0.15) is 4.90 Å². The zero-order valence-electron chi connectivity index (χ0n) is 13.3. The van der Waals surface area contributed by atoms with Crippen molar-refractivity contribution in [3.05, 3.63) is 41.7 Å². The number of nitrogens with zero attached hydrogens (tertiary/aromatic N) is 3. The summed E-state index contributed by atoms with van der Waals surface area (Å²) in [5.41, 5.74) is 2.43. The number of aryl methyl sites for hydroxylation is 2. The van der Waals surface area contributed by atoms with E-state index in [0.29, 0.717) is 17.8 Å². The number of primary sulfonamides is 1. The van der Waals surface area contributed by atoms with Gasteiger partial charge in [-0.3, -0.25) is 9.78 Å². The van der Waals surface area contributed by atoms with Crippen LogP contribution < -0.4 is 10.5 Å². The second kappa shape index (κ2) is 6.33. The number of aromatic nitrogens is 3. The van der Waals surface area contributed by atoms with Crippen molar-refractivity contribution in [2.75, 3.05) is 0 Å². The summed E-state index contributed by atoms with van der Waals surface area (Å²) in [4.78, 5) is 20.5.